The summed E-state index contributed by atoms with van der Waals surface area (Å²) in [5.41, 5.74) is 0. The van der Waals surface area contributed by atoms with Crippen LogP contribution < -0.4 is 10.2 Å². The number of aliphatic hydroxyl groups excluding tert-OH is 1. The molecule has 0 unspecified atom stereocenters. The molecule has 2 heterocycles. The molecule has 5 nitrogen and oxygen atoms in total. The second-order valence-electron chi connectivity index (χ2n) is 4.97. The van der Waals surface area contributed by atoms with Crippen LogP contribution in [0.4, 0.5) is 11.6 Å². The first kappa shape index (κ1) is 12.0. The number of halogens is 1. The number of rotatable bonds is 4. The van der Waals surface area contributed by atoms with Gasteiger partial charge in [-0.05, 0) is 37.3 Å². The summed E-state index contributed by atoms with van der Waals surface area (Å²) in [7, 11) is 0. The summed E-state index contributed by atoms with van der Waals surface area (Å²) >= 11 is 5.97. The van der Waals surface area contributed by atoms with E-state index < -0.39 is 0 Å². The first-order valence-electron chi connectivity index (χ1n) is 6.45. The number of aliphatic hydroxyl groups is 1. The van der Waals surface area contributed by atoms with Crippen LogP contribution in [0.25, 0.3) is 0 Å². The van der Waals surface area contributed by atoms with Gasteiger partial charge in [-0.25, -0.2) is 9.97 Å². The average Bonchev–Trinajstić information content (AvgIpc) is 3.03. The Kier molecular flexibility index (Phi) is 3.26. The summed E-state index contributed by atoms with van der Waals surface area (Å²) in [6.07, 6.45) is 4.47. The van der Waals surface area contributed by atoms with Crippen LogP contribution in [0.5, 0.6) is 0 Å². The normalized spacial score (nSPS) is 23.4. The highest BCUT2D eigenvalue weighted by Gasteiger charge is 2.27. The van der Waals surface area contributed by atoms with Crippen molar-refractivity contribution in [2.45, 2.75) is 37.8 Å². The molecule has 3 rings (SSSR count). The summed E-state index contributed by atoms with van der Waals surface area (Å²) in [6, 6.07) is 2.62. The van der Waals surface area contributed by atoms with Crippen molar-refractivity contribution in [3.8, 4) is 0 Å². The summed E-state index contributed by atoms with van der Waals surface area (Å²) in [4.78, 5) is 10.6. The molecule has 18 heavy (non-hydrogen) atoms. The molecule has 0 radical (unpaired) electrons. The van der Waals surface area contributed by atoms with E-state index in [0.717, 1.165) is 31.0 Å². The largest absolute Gasteiger partial charge is 0.394 e. The fraction of sp³-hybridized carbons (Fsp3) is 0.667. The minimum atomic E-state index is 0.157. The van der Waals surface area contributed by atoms with E-state index in [1.165, 1.54) is 12.8 Å². The summed E-state index contributed by atoms with van der Waals surface area (Å²) in [5, 5.41) is 12.9. The molecular weight excluding hydrogens is 252 g/mol. The van der Waals surface area contributed by atoms with Gasteiger partial charge >= 0.3 is 0 Å². The number of hydrogen-bond donors (Lipinski definition) is 2. The molecule has 6 heteroatoms. The van der Waals surface area contributed by atoms with Crippen molar-refractivity contribution in [2.75, 3.05) is 23.4 Å². The highest BCUT2D eigenvalue weighted by atomic mass is 35.5. The van der Waals surface area contributed by atoms with Gasteiger partial charge in [0.1, 0.15) is 11.6 Å². The molecule has 0 aromatic carbocycles. The summed E-state index contributed by atoms with van der Waals surface area (Å²) in [5.74, 6) is 1.60. The standard InChI is InChI=1S/C12H17ClN4O/c13-12-15-10(14-8-3-4-8)6-11(16-12)17-5-1-2-9(17)7-18/h6,8-9,18H,1-5,7H2,(H,14,15,16)/t9-/m1/s1. The van der Waals surface area contributed by atoms with E-state index in [-0.39, 0.29) is 17.9 Å². The van der Waals surface area contributed by atoms with Gasteiger partial charge in [0.15, 0.2) is 0 Å². The Bertz CT molecular complexity index is 438. The molecule has 0 bridgehead atoms. The van der Waals surface area contributed by atoms with Crippen LogP contribution in [-0.2, 0) is 0 Å². The molecule has 98 valence electrons. The zero-order chi connectivity index (χ0) is 12.5. The van der Waals surface area contributed by atoms with Crippen LogP contribution >= 0.6 is 11.6 Å². The first-order valence-corrected chi connectivity index (χ1v) is 6.82. The molecule has 2 N–H and O–H groups in total. The summed E-state index contributed by atoms with van der Waals surface area (Å²) in [6.45, 7) is 1.08. The van der Waals surface area contributed by atoms with Crippen molar-refractivity contribution >= 4 is 23.2 Å². The second kappa shape index (κ2) is 4.90. The van der Waals surface area contributed by atoms with E-state index >= 15 is 0 Å². The SMILES string of the molecule is OC[C@H]1CCCN1c1cc(NC2CC2)nc(Cl)n1. The predicted octanol–water partition coefficient (Wildman–Crippen LogP) is 1.67. The molecule has 1 aliphatic heterocycles. The van der Waals surface area contributed by atoms with Gasteiger partial charge in [-0.1, -0.05) is 0 Å². The lowest BCUT2D eigenvalue weighted by atomic mass is 10.2. The topological polar surface area (TPSA) is 61.3 Å². The molecule has 1 aliphatic carbocycles. The Morgan fingerprint density at radius 1 is 1.39 bits per heavy atom. The molecule has 1 saturated heterocycles. The van der Waals surface area contributed by atoms with Gasteiger partial charge in [0.25, 0.3) is 0 Å². The third kappa shape index (κ3) is 2.52. The molecule has 2 aliphatic rings. The van der Waals surface area contributed by atoms with E-state index in [1.807, 2.05) is 6.07 Å². The van der Waals surface area contributed by atoms with E-state index in [9.17, 15) is 5.11 Å². The maximum absolute atomic E-state index is 9.36. The van der Waals surface area contributed by atoms with E-state index in [2.05, 4.69) is 20.2 Å². The van der Waals surface area contributed by atoms with Crippen molar-refractivity contribution in [1.82, 2.24) is 9.97 Å². The minimum absolute atomic E-state index is 0.157. The van der Waals surface area contributed by atoms with Gasteiger partial charge in [-0.3, -0.25) is 0 Å². The van der Waals surface area contributed by atoms with Crippen LogP contribution in [-0.4, -0.2) is 40.3 Å². The maximum atomic E-state index is 9.36. The number of hydrogen-bond acceptors (Lipinski definition) is 5. The lowest BCUT2D eigenvalue weighted by molar-refractivity contribution is 0.266. The quantitative estimate of drug-likeness (QED) is 0.814. The molecular formula is C12H17ClN4O. The number of nitrogens with zero attached hydrogens (tertiary/aromatic N) is 3. The van der Waals surface area contributed by atoms with Gasteiger partial charge in [-0.15, -0.1) is 0 Å². The van der Waals surface area contributed by atoms with Gasteiger partial charge < -0.3 is 15.3 Å². The maximum Gasteiger partial charge on any atom is 0.226 e. The number of anilines is 2. The van der Waals surface area contributed by atoms with Crippen molar-refractivity contribution in [2.24, 2.45) is 0 Å². The zero-order valence-electron chi connectivity index (χ0n) is 10.1. The first-order chi connectivity index (χ1) is 8.76. The molecule has 1 aromatic heterocycles. The lowest BCUT2D eigenvalue weighted by Crippen LogP contribution is -2.32. The van der Waals surface area contributed by atoms with Gasteiger partial charge in [0.05, 0.1) is 12.6 Å². The van der Waals surface area contributed by atoms with Crippen LogP contribution in [0, 0.1) is 0 Å². The van der Waals surface area contributed by atoms with Crippen molar-refractivity contribution < 1.29 is 5.11 Å². The number of aromatic nitrogens is 2. The summed E-state index contributed by atoms with van der Waals surface area (Å²) < 4.78 is 0. The lowest BCUT2D eigenvalue weighted by Gasteiger charge is -2.24. The van der Waals surface area contributed by atoms with Crippen LogP contribution in [0.3, 0.4) is 0 Å². The van der Waals surface area contributed by atoms with Crippen LogP contribution in [0.1, 0.15) is 25.7 Å². The molecule has 1 aromatic rings. The van der Waals surface area contributed by atoms with E-state index in [4.69, 9.17) is 11.6 Å². The number of nitrogens with one attached hydrogen (secondary N) is 1. The Labute approximate surface area is 111 Å². The highest BCUT2D eigenvalue weighted by molar-refractivity contribution is 6.28. The fourth-order valence-electron chi connectivity index (χ4n) is 2.39. The van der Waals surface area contributed by atoms with Gasteiger partial charge in [0, 0.05) is 18.7 Å². The monoisotopic (exact) mass is 268 g/mol. The third-order valence-electron chi connectivity index (χ3n) is 3.50. The Hall–Kier alpha value is -1.07. The minimum Gasteiger partial charge on any atom is -0.394 e. The second-order valence-corrected chi connectivity index (χ2v) is 5.31. The van der Waals surface area contributed by atoms with Gasteiger partial charge in [-0.2, -0.15) is 0 Å². The average molecular weight is 269 g/mol. The van der Waals surface area contributed by atoms with Crippen molar-refractivity contribution in [1.29, 1.82) is 0 Å². The van der Waals surface area contributed by atoms with Crippen LogP contribution in [0.15, 0.2) is 6.07 Å². The van der Waals surface area contributed by atoms with Crippen LogP contribution in [0.2, 0.25) is 5.28 Å². The van der Waals surface area contributed by atoms with Crippen molar-refractivity contribution in [3.63, 3.8) is 0 Å². The molecule has 2 fully saturated rings. The highest BCUT2D eigenvalue weighted by Crippen LogP contribution is 2.29. The third-order valence-corrected chi connectivity index (χ3v) is 3.67. The Morgan fingerprint density at radius 2 is 2.22 bits per heavy atom. The molecule has 1 saturated carbocycles. The smallest absolute Gasteiger partial charge is 0.226 e. The van der Waals surface area contributed by atoms with E-state index in [0.29, 0.717) is 6.04 Å². The van der Waals surface area contributed by atoms with Gasteiger partial charge in [0.2, 0.25) is 5.28 Å². The van der Waals surface area contributed by atoms with Crippen molar-refractivity contribution in [3.05, 3.63) is 11.3 Å². The zero-order valence-corrected chi connectivity index (χ0v) is 10.9. The Morgan fingerprint density at radius 3 is 2.94 bits per heavy atom. The Balaban J connectivity index is 1.83. The molecule has 1 atom stereocenters. The molecule has 0 spiro atoms. The predicted molar refractivity (Wildman–Crippen MR) is 71.1 cm³/mol. The fourth-order valence-corrected chi connectivity index (χ4v) is 2.57. The van der Waals surface area contributed by atoms with E-state index in [1.54, 1.807) is 0 Å². The molecule has 0 amide bonds.